The maximum Gasteiger partial charge on any atom is 0.129 e. The van der Waals surface area contributed by atoms with Gasteiger partial charge in [-0.05, 0) is 49.9 Å². The Morgan fingerprint density at radius 3 is 2.59 bits per heavy atom. The molecule has 1 nitrogen and oxygen atoms in total. The van der Waals surface area contributed by atoms with Crippen LogP contribution in [0.4, 0.5) is 8.78 Å². The molecule has 0 aliphatic heterocycles. The minimum Gasteiger partial charge on any atom is -0.316 e. The number of hydrogen-bond donors (Lipinski definition) is 1. The molecule has 17 heavy (non-hydrogen) atoms. The summed E-state index contributed by atoms with van der Waals surface area (Å²) in [5.41, 5.74) is 0.607. The Labute approximate surface area is 102 Å². The topological polar surface area (TPSA) is 12.0 Å². The number of aryl methyl sites for hydroxylation is 1. The number of hydrogen-bond acceptors (Lipinski definition) is 1. The van der Waals surface area contributed by atoms with Crippen molar-refractivity contribution >= 4 is 0 Å². The third-order valence-corrected chi connectivity index (χ3v) is 2.62. The van der Waals surface area contributed by atoms with Gasteiger partial charge in [0.15, 0.2) is 0 Å². The van der Waals surface area contributed by atoms with Crippen LogP contribution in [0.15, 0.2) is 18.2 Å². The molecule has 0 bridgehead atoms. The highest BCUT2D eigenvalue weighted by molar-refractivity contribution is 5.18. The highest BCUT2D eigenvalue weighted by Gasteiger charge is 2.03. The van der Waals surface area contributed by atoms with Crippen LogP contribution < -0.4 is 5.32 Å². The Hall–Kier alpha value is -0.960. The Morgan fingerprint density at radius 2 is 1.94 bits per heavy atom. The molecule has 0 saturated carbocycles. The van der Waals surface area contributed by atoms with E-state index in [4.69, 9.17) is 0 Å². The fraction of sp³-hybridized carbons (Fsp3) is 0.571. The van der Waals surface area contributed by atoms with Gasteiger partial charge in [0.05, 0.1) is 0 Å². The van der Waals surface area contributed by atoms with Gasteiger partial charge in [-0.15, -0.1) is 0 Å². The van der Waals surface area contributed by atoms with E-state index in [9.17, 15) is 8.78 Å². The molecular weight excluding hydrogens is 220 g/mol. The van der Waals surface area contributed by atoms with Gasteiger partial charge >= 0.3 is 0 Å². The van der Waals surface area contributed by atoms with Crippen molar-refractivity contribution in [1.82, 2.24) is 5.32 Å². The van der Waals surface area contributed by atoms with Gasteiger partial charge in [-0.1, -0.05) is 19.9 Å². The summed E-state index contributed by atoms with van der Waals surface area (Å²) in [6.07, 6.45) is 2.62. The maximum absolute atomic E-state index is 13.3. The van der Waals surface area contributed by atoms with Crippen molar-refractivity contribution in [3.05, 3.63) is 35.4 Å². The zero-order chi connectivity index (χ0) is 12.7. The first kappa shape index (κ1) is 14.1. The van der Waals surface area contributed by atoms with Crippen LogP contribution in [-0.4, -0.2) is 13.1 Å². The van der Waals surface area contributed by atoms with Crippen molar-refractivity contribution in [2.45, 2.75) is 33.1 Å². The van der Waals surface area contributed by atoms with Crippen LogP contribution in [0.1, 0.15) is 32.3 Å². The number of rotatable bonds is 7. The second-order valence-electron chi connectivity index (χ2n) is 4.79. The van der Waals surface area contributed by atoms with Crippen molar-refractivity contribution in [2.24, 2.45) is 5.92 Å². The zero-order valence-corrected chi connectivity index (χ0v) is 10.6. The third kappa shape index (κ3) is 5.78. The van der Waals surface area contributed by atoms with E-state index in [1.807, 2.05) is 0 Å². The van der Waals surface area contributed by atoms with E-state index in [1.54, 1.807) is 0 Å². The molecular formula is C14H21F2N. The highest BCUT2D eigenvalue weighted by Crippen LogP contribution is 2.12. The predicted molar refractivity (Wildman–Crippen MR) is 67.0 cm³/mol. The summed E-state index contributed by atoms with van der Waals surface area (Å²) in [7, 11) is 0. The summed E-state index contributed by atoms with van der Waals surface area (Å²) in [6, 6.07) is 3.80. The lowest BCUT2D eigenvalue weighted by Crippen LogP contribution is -2.20. The zero-order valence-electron chi connectivity index (χ0n) is 10.6. The number of benzene rings is 1. The number of nitrogens with one attached hydrogen (secondary N) is 1. The largest absolute Gasteiger partial charge is 0.316 e. The van der Waals surface area contributed by atoms with E-state index in [0.29, 0.717) is 17.9 Å². The van der Waals surface area contributed by atoms with Gasteiger partial charge in [-0.3, -0.25) is 0 Å². The molecule has 0 radical (unpaired) electrons. The van der Waals surface area contributed by atoms with Crippen LogP contribution >= 0.6 is 0 Å². The molecule has 0 aliphatic rings. The van der Waals surface area contributed by atoms with Gasteiger partial charge in [-0.25, -0.2) is 8.78 Å². The van der Waals surface area contributed by atoms with Gasteiger partial charge in [0, 0.05) is 6.07 Å². The maximum atomic E-state index is 13.3. The predicted octanol–water partition coefficient (Wildman–Crippen LogP) is 3.53. The molecule has 0 fully saturated rings. The van der Waals surface area contributed by atoms with Crippen LogP contribution in [0.3, 0.4) is 0 Å². The molecule has 1 aromatic carbocycles. The first-order valence-corrected chi connectivity index (χ1v) is 6.24. The third-order valence-electron chi connectivity index (χ3n) is 2.62. The second-order valence-corrected chi connectivity index (χ2v) is 4.79. The summed E-state index contributed by atoms with van der Waals surface area (Å²) in [4.78, 5) is 0. The highest BCUT2D eigenvalue weighted by atomic mass is 19.1. The van der Waals surface area contributed by atoms with Gasteiger partial charge < -0.3 is 5.32 Å². The molecule has 0 amide bonds. The fourth-order valence-electron chi connectivity index (χ4n) is 1.68. The average Bonchev–Trinajstić information content (AvgIpc) is 2.25. The monoisotopic (exact) mass is 241 g/mol. The Kier molecular flexibility index (Phi) is 6.12. The SMILES string of the molecule is CC(C)CNCCCCc1ccc(F)cc1F. The molecule has 0 saturated heterocycles. The van der Waals surface area contributed by atoms with Gasteiger partial charge in [0.1, 0.15) is 11.6 Å². The molecule has 3 heteroatoms. The molecule has 0 unspecified atom stereocenters. The minimum atomic E-state index is -0.509. The summed E-state index contributed by atoms with van der Waals surface area (Å²) < 4.78 is 25.9. The number of unbranched alkanes of at least 4 members (excludes halogenated alkanes) is 1. The van der Waals surface area contributed by atoms with E-state index < -0.39 is 11.6 Å². The van der Waals surface area contributed by atoms with E-state index in [-0.39, 0.29) is 0 Å². The lowest BCUT2D eigenvalue weighted by Gasteiger charge is -2.07. The van der Waals surface area contributed by atoms with Crippen LogP contribution in [-0.2, 0) is 6.42 Å². The van der Waals surface area contributed by atoms with Gasteiger partial charge in [-0.2, -0.15) is 0 Å². The van der Waals surface area contributed by atoms with Crippen LogP contribution in [0, 0.1) is 17.6 Å². The summed E-state index contributed by atoms with van der Waals surface area (Å²) in [6.45, 7) is 6.31. The van der Waals surface area contributed by atoms with E-state index in [0.717, 1.165) is 32.0 Å². The van der Waals surface area contributed by atoms with Crippen molar-refractivity contribution in [1.29, 1.82) is 0 Å². The van der Waals surface area contributed by atoms with Crippen LogP contribution in [0.2, 0.25) is 0 Å². The summed E-state index contributed by atoms with van der Waals surface area (Å²) >= 11 is 0. The quantitative estimate of drug-likeness (QED) is 0.720. The molecule has 1 aromatic rings. The lowest BCUT2D eigenvalue weighted by molar-refractivity contribution is 0.530. The van der Waals surface area contributed by atoms with Gasteiger partial charge in [0.25, 0.3) is 0 Å². The minimum absolute atomic E-state index is 0.430. The van der Waals surface area contributed by atoms with Crippen molar-refractivity contribution in [2.75, 3.05) is 13.1 Å². The standard InChI is InChI=1S/C14H21F2N/c1-11(2)10-17-8-4-3-5-12-6-7-13(15)9-14(12)16/h6-7,9,11,17H,3-5,8,10H2,1-2H3. The molecule has 0 spiro atoms. The van der Waals surface area contributed by atoms with E-state index >= 15 is 0 Å². The van der Waals surface area contributed by atoms with Crippen molar-refractivity contribution in [3.63, 3.8) is 0 Å². The number of halogens is 2. The molecule has 96 valence electrons. The smallest absolute Gasteiger partial charge is 0.129 e. The van der Waals surface area contributed by atoms with Crippen molar-refractivity contribution < 1.29 is 8.78 Å². The second kappa shape index (κ2) is 7.38. The summed E-state index contributed by atoms with van der Waals surface area (Å²) in [5.74, 6) is -0.283. The molecule has 1 rings (SSSR count). The summed E-state index contributed by atoms with van der Waals surface area (Å²) in [5, 5.41) is 3.34. The fourth-order valence-corrected chi connectivity index (χ4v) is 1.68. The Morgan fingerprint density at radius 1 is 1.18 bits per heavy atom. The average molecular weight is 241 g/mol. The lowest BCUT2D eigenvalue weighted by atomic mass is 10.1. The Bertz CT molecular complexity index is 337. The Balaban J connectivity index is 2.18. The molecule has 0 aromatic heterocycles. The van der Waals surface area contributed by atoms with E-state index in [2.05, 4.69) is 19.2 Å². The van der Waals surface area contributed by atoms with E-state index in [1.165, 1.54) is 12.1 Å². The molecule has 1 N–H and O–H groups in total. The normalized spacial score (nSPS) is 11.1. The molecule has 0 heterocycles. The van der Waals surface area contributed by atoms with Gasteiger partial charge in [0.2, 0.25) is 0 Å². The first-order valence-electron chi connectivity index (χ1n) is 6.24. The first-order chi connectivity index (χ1) is 8.09. The molecule has 0 atom stereocenters. The van der Waals surface area contributed by atoms with Crippen LogP contribution in [0.25, 0.3) is 0 Å². The van der Waals surface area contributed by atoms with Crippen LogP contribution in [0.5, 0.6) is 0 Å². The van der Waals surface area contributed by atoms with Crippen molar-refractivity contribution in [3.8, 4) is 0 Å². The molecule has 0 aliphatic carbocycles.